The number of carbonyl (C=O) groups excluding carboxylic acids is 2. The lowest BCUT2D eigenvalue weighted by Gasteiger charge is -2.46. The molecule has 4 rings (SSSR count). The van der Waals surface area contributed by atoms with Crippen LogP contribution in [0.5, 0.6) is 0 Å². The van der Waals surface area contributed by atoms with Crippen molar-refractivity contribution in [3.63, 3.8) is 0 Å². The molecule has 9 heteroatoms. The zero-order valence-corrected chi connectivity index (χ0v) is 15.2. The topological polar surface area (TPSA) is 83.4 Å². The molecule has 2 aliphatic heterocycles. The molecular weight excluding hydrogens is 339 g/mol. The van der Waals surface area contributed by atoms with Gasteiger partial charge >= 0.3 is 0 Å². The summed E-state index contributed by atoms with van der Waals surface area (Å²) in [5, 5.41) is 11.2. The number of carbonyl (C=O) groups is 2. The minimum Gasteiger partial charge on any atom is -0.347 e. The highest BCUT2D eigenvalue weighted by Gasteiger charge is 2.49. The van der Waals surface area contributed by atoms with Gasteiger partial charge in [-0.3, -0.25) is 14.5 Å². The maximum absolute atomic E-state index is 14.5. The van der Waals surface area contributed by atoms with Gasteiger partial charge in [-0.15, -0.1) is 10.2 Å². The molecule has 1 saturated carbocycles. The molecule has 26 heavy (non-hydrogen) atoms. The lowest BCUT2D eigenvalue weighted by Crippen LogP contribution is -2.58. The van der Waals surface area contributed by atoms with Crippen molar-refractivity contribution in [1.29, 1.82) is 0 Å². The Bertz CT molecular complexity index is 729. The first-order valence-electron chi connectivity index (χ1n) is 9.35. The Morgan fingerprint density at radius 1 is 1.19 bits per heavy atom. The van der Waals surface area contributed by atoms with Crippen molar-refractivity contribution in [3.8, 4) is 0 Å². The van der Waals surface area contributed by atoms with Crippen molar-refractivity contribution in [2.75, 3.05) is 26.2 Å². The minimum atomic E-state index is -1.67. The number of rotatable bonds is 3. The Labute approximate surface area is 151 Å². The first-order chi connectivity index (χ1) is 12.4. The molecular formula is C17H25FN6O2. The van der Waals surface area contributed by atoms with Crippen LogP contribution in [0.3, 0.4) is 0 Å². The van der Waals surface area contributed by atoms with Gasteiger partial charge in [0, 0.05) is 38.8 Å². The molecule has 8 nitrogen and oxygen atoms in total. The molecule has 1 N–H and O–H groups in total. The molecule has 3 aliphatic rings. The summed E-state index contributed by atoms with van der Waals surface area (Å²) in [6, 6.07) is -0.125. The quantitative estimate of drug-likeness (QED) is 0.845. The molecule has 1 aromatic rings. The van der Waals surface area contributed by atoms with Gasteiger partial charge in [-0.1, -0.05) is 0 Å². The van der Waals surface area contributed by atoms with Crippen LogP contribution in [0.15, 0.2) is 0 Å². The third-order valence-corrected chi connectivity index (χ3v) is 5.62. The maximum Gasteiger partial charge on any atom is 0.289 e. The number of piperazine rings is 1. The summed E-state index contributed by atoms with van der Waals surface area (Å²) < 4.78 is 16.4. The van der Waals surface area contributed by atoms with Gasteiger partial charge in [-0.25, -0.2) is 4.39 Å². The summed E-state index contributed by atoms with van der Waals surface area (Å²) in [5.74, 6) is 0.355. The predicted octanol–water partition coefficient (Wildman–Crippen LogP) is 0.507. The first kappa shape index (κ1) is 17.4. The second-order valence-corrected chi connectivity index (χ2v) is 7.78. The zero-order valence-electron chi connectivity index (χ0n) is 15.2. The summed E-state index contributed by atoms with van der Waals surface area (Å²) in [7, 11) is 0. The molecule has 3 heterocycles. The van der Waals surface area contributed by atoms with E-state index in [1.54, 1.807) is 4.90 Å². The number of hydrogen-bond donors (Lipinski definition) is 1. The van der Waals surface area contributed by atoms with Gasteiger partial charge in [0.1, 0.15) is 0 Å². The second-order valence-electron chi connectivity index (χ2n) is 7.78. The lowest BCUT2D eigenvalue weighted by molar-refractivity contribution is -0.153. The van der Waals surface area contributed by atoms with E-state index >= 15 is 0 Å². The fourth-order valence-corrected chi connectivity index (χ4v) is 4.01. The standard InChI is InChI=1S/C17H25FN6O2/c1-11(2)19-15(25)14-21-20-13-12-10-23(16(26)17(18)4-3-5-17)7-6-22(12)8-9-24(13)14/h11-12H,3-10H2,1-2H3,(H,19,25)/t12-/m1/s1. The van der Waals surface area contributed by atoms with Gasteiger partial charge in [0.25, 0.3) is 11.8 Å². The third kappa shape index (κ3) is 2.78. The van der Waals surface area contributed by atoms with E-state index in [0.29, 0.717) is 50.7 Å². The van der Waals surface area contributed by atoms with E-state index in [2.05, 4.69) is 20.4 Å². The normalized spacial score (nSPS) is 24.6. The van der Waals surface area contributed by atoms with Crippen LogP contribution in [0.2, 0.25) is 0 Å². The number of hydrogen-bond acceptors (Lipinski definition) is 5. The van der Waals surface area contributed by atoms with Crippen LogP contribution >= 0.6 is 0 Å². The molecule has 0 radical (unpaired) electrons. The molecule has 1 aliphatic carbocycles. The highest BCUT2D eigenvalue weighted by molar-refractivity contribution is 5.91. The number of halogens is 1. The molecule has 1 atom stereocenters. The summed E-state index contributed by atoms with van der Waals surface area (Å²) >= 11 is 0. The van der Waals surface area contributed by atoms with Crippen molar-refractivity contribution < 1.29 is 14.0 Å². The molecule has 1 saturated heterocycles. The molecule has 0 aromatic carbocycles. The smallest absolute Gasteiger partial charge is 0.289 e. The van der Waals surface area contributed by atoms with Crippen LogP contribution in [0.4, 0.5) is 4.39 Å². The molecule has 142 valence electrons. The average molecular weight is 364 g/mol. The Morgan fingerprint density at radius 3 is 2.58 bits per heavy atom. The number of fused-ring (bicyclic) bond motifs is 3. The minimum absolute atomic E-state index is 0.0153. The molecule has 2 fully saturated rings. The van der Waals surface area contributed by atoms with Crippen LogP contribution in [0, 0.1) is 0 Å². The van der Waals surface area contributed by atoms with Crippen molar-refractivity contribution >= 4 is 11.8 Å². The van der Waals surface area contributed by atoms with Gasteiger partial charge in [-0.2, -0.15) is 0 Å². The molecule has 2 amide bonds. The highest BCUT2D eigenvalue weighted by atomic mass is 19.1. The SMILES string of the molecule is CC(C)NC(=O)c1nnc2n1CCN1CCN(C(=O)C3(F)CCC3)C[C@H]21. The Hall–Kier alpha value is -2.03. The van der Waals surface area contributed by atoms with E-state index in [1.165, 1.54) is 0 Å². The molecule has 0 spiro atoms. The van der Waals surface area contributed by atoms with Crippen LogP contribution in [0.25, 0.3) is 0 Å². The van der Waals surface area contributed by atoms with Gasteiger partial charge in [0.05, 0.1) is 6.04 Å². The number of amides is 2. The summed E-state index contributed by atoms with van der Waals surface area (Å²) in [5.41, 5.74) is -1.67. The number of nitrogens with zero attached hydrogens (tertiary/aromatic N) is 5. The van der Waals surface area contributed by atoms with E-state index in [0.717, 1.165) is 13.0 Å². The van der Waals surface area contributed by atoms with Crippen molar-refractivity contribution in [1.82, 2.24) is 29.9 Å². The van der Waals surface area contributed by atoms with Crippen LogP contribution in [0.1, 0.15) is 55.6 Å². The summed E-state index contributed by atoms with van der Waals surface area (Å²) in [6.45, 7) is 6.81. The predicted molar refractivity (Wildman–Crippen MR) is 91.2 cm³/mol. The van der Waals surface area contributed by atoms with Crippen molar-refractivity contribution in [2.24, 2.45) is 0 Å². The first-order valence-corrected chi connectivity index (χ1v) is 9.35. The number of nitrogens with one attached hydrogen (secondary N) is 1. The lowest BCUT2D eigenvalue weighted by atomic mass is 9.80. The summed E-state index contributed by atoms with van der Waals surface area (Å²) in [4.78, 5) is 28.7. The highest BCUT2D eigenvalue weighted by Crippen LogP contribution is 2.39. The van der Waals surface area contributed by atoms with Gasteiger partial charge in [-0.05, 0) is 33.1 Å². The second kappa shape index (κ2) is 6.29. The van der Waals surface area contributed by atoms with Crippen molar-refractivity contribution in [3.05, 3.63) is 11.6 Å². The van der Waals surface area contributed by atoms with Gasteiger partial charge < -0.3 is 14.8 Å². The molecule has 0 bridgehead atoms. The Balaban J connectivity index is 1.55. The fraction of sp³-hybridized carbons (Fsp3) is 0.765. The Morgan fingerprint density at radius 2 is 1.92 bits per heavy atom. The van der Waals surface area contributed by atoms with Crippen molar-refractivity contribution in [2.45, 2.75) is 57.4 Å². The van der Waals surface area contributed by atoms with E-state index in [-0.39, 0.29) is 18.0 Å². The van der Waals surface area contributed by atoms with E-state index in [9.17, 15) is 14.0 Å². The van der Waals surface area contributed by atoms with E-state index in [1.807, 2.05) is 18.4 Å². The van der Waals surface area contributed by atoms with Crippen LogP contribution < -0.4 is 5.32 Å². The fourth-order valence-electron chi connectivity index (χ4n) is 4.01. The largest absolute Gasteiger partial charge is 0.347 e. The van der Waals surface area contributed by atoms with Crippen LogP contribution in [-0.4, -0.2) is 74.3 Å². The Kier molecular flexibility index (Phi) is 4.21. The number of aromatic nitrogens is 3. The molecule has 0 unspecified atom stereocenters. The molecule has 1 aromatic heterocycles. The average Bonchev–Trinajstić information content (AvgIpc) is 3.02. The van der Waals surface area contributed by atoms with Crippen LogP contribution in [-0.2, 0) is 11.3 Å². The van der Waals surface area contributed by atoms with Gasteiger partial charge in [0.2, 0.25) is 5.82 Å². The monoisotopic (exact) mass is 364 g/mol. The van der Waals surface area contributed by atoms with E-state index < -0.39 is 11.6 Å². The third-order valence-electron chi connectivity index (χ3n) is 5.62. The zero-order chi connectivity index (χ0) is 18.5. The van der Waals surface area contributed by atoms with E-state index in [4.69, 9.17) is 0 Å². The number of alkyl halides is 1. The summed E-state index contributed by atoms with van der Waals surface area (Å²) in [6.07, 6.45) is 1.42. The van der Waals surface area contributed by atoms with Gasteiger partial charge in [0.15, 0.2) is 11.5 Å². The maximum atomic E-state index is 14.5.